The van der Waals surface area contributed by atoms with Crippen molar-refractivity contribution in [2.45, 2.75) is 21.8 Å². The molecule has 0 radical (unpaired) electrons. The van der Waals surface area contributed by atoms with Crippen LogP contribution in [-0.4, -0.2) is 4.98 Å². The van der Waals surface area contributed by atoms with E-state index in [0.717, 1.165) is 5.69 Å². The van der Waals surface area contributed by atoms with Crippen molar-refractivity contribution in [2.24, 2.45) is 0 Å². The maximum atomic E-state index is 4.60. The van der Waals surface area contributed by atoms with E-state index in [1.807, 2.05) is 6.92 Å². The Labute approximate surface area is 50.6 Å². The molecule has 0 saturated carbocycles. The van der Waals surface area contributed by atoms with Gasteiger partial charge in [0, 0.05) is 0 Å². The summed E-state index contributed by atoms with van der Waals surface area (Å²) in [5.74, 6) is 0. The van der Waals surface area contributed by atoms with Crippen LogP contribution in [0.25, 0.3) is 0 Å². The second-order valence-electron chi connectivity index (χ2n) is 1.13. The molecule has 1 aromatic rings. The van der Waals surface area contributed by atoms with Crippen LogP contribution in [-0.2, 0) is 0 Å². The summed E-state index contributed by atoms with van der Waals surface area (Å²) in [4.78, 5) is 3.75. The Balaban J connectivity index is 0. The molecule has 0 fully saturated rings. The van der Waals surface area contributed by atoms with Crippen LogP contribution in [0, 0.1) is 6.92 Å². The monoisotopic (exact) mass is 115 g/mol. The molecule has 2 nitrogen and oxygen atoms in total. The number of aromatic nitrogens is 1. The number of rotatable bonds is 0. The van der Waals surface area contributed by atoms with Crippen LogP contribution in [0.2, 0.25) is 0 Å². The standard InChI is InChI=1S/C4H5NO.2CH4/c1-4-2-6-3-5-4;;/h2-3H,1H3;2*1H4. The zero-order valence-corrected chi connectivity index (χ0v) is 3.51. The van der Waals surface area contributed by atoms with E-state index >= 15 is 0 Å². The molecule has 1 rings (SSSR count). The number of oxazole rings is 1. The Morgan fingerprint density at radius 1 is 1.50 bits per heavy atom. The normalized spacial score (nSPS) is 6.62. The molecule has 0 unspecified atom stereocenters. The van der Waals surface area contributed by atoms with Crippen molar-refractivity contribution >= 4 is 0 Å². The topological polar surface area (TPSA) is 26.0 Å². The maximum Gasteiger partial charge on any atom is 0.180 e. The average Bonchev–Trinajstić information content (AvgIpc) is 1.86. The summed E-state index contributed by atoms with van der Waals surface area (Å²) < 4.78 is 4.60. The van der Waals surface area contributed by atoms with Gasteiger partial charge in [0.2, 0.25) is 0 Å². The summed E-state index contributed by atoms with van der Waals surface area (Å²) in [5.41, 5.74) is 0.926. The molecule has 0 saturated heterocycles. The highest BCUT2D eigenvalue weighted by molar-refractivity contribution is 4.83. The fraction of sp³-hybridized carbons (Fsp3) is 0.500. The Morgan fingerprint density at radius 3 is 2.25 bits per heavy atom. The smallest absolute Gasteiger partial charge is 0.180 e. The quantitative estimate of drug-likeness (QED) is 0.518. The fourth-order valence-corrected chi connectivity index (χ4v) is 0.273. The van der Waals surface area contributed by atoms with Gasteiger partial charge in [0.1, 0.15) is 6.26 Å². The van der Waals surface area contributed by atoms with Crippen LogP contribution in [0.15, 0.2) is 17.1 Å². The van der Waals surface area contributed by atoms with Crippen molar-refractivity contribution in [3.63, 3.8) is 0 Å². The third kappa shape index (κ3) is 2.39. The molecule has 0 amide bonds. The molecular weight excluding hydrogens is 102 g/mol. The first-order valence-electron chi connectivity index (χ1n) is 1.74. The largest absolute Gasteiger partial charge is 0.452 e. The summed E-state index contributed by atoms with van der Waals surface area (Å²) in [6.45, 7) is 1.88. The first kappa shape index (κ1) is 10.2. The molecule has 0 aromatic carbocycles. The van der Waals surface area contributed by atoms with Gasteiger partial charge in [0.25, 0.3) is 0 Å². The Kier molecular flexibility index (Phi) is 5.60. The Bertz CT molecular complexity index is 112. The van der Waals surface area contributed by atoms with Crippen molar-refractivity contribution in [3.05, 3.63) is 18.4 Å². The molecule has 1 aromatic heterocycles. The predicted molar refractivity (Wildman–Crippen MR) is 34.7 cm³/mol. The van der Waals surface area contributed by atoms with Crippen LogP contribution < -0.4 is 0 Å². The van der Waals surface area contributed by atoms with Crippen molar-refractivity contribution in [1.29, 1.82) is 0 Å². The molecular formula is C6H13NO. The van der Waals surface area contributed by atoms with E-state index in [0.29, 0.717) is 0 Å². The molecule has 0 aliphatic heterocycles. The van der Waals surface area contributed by atoms with E-state index in [9.17, 15) is 0 Å². The highest BCUT2D eigenvalue weighted by Crippen LogP contribution is 1.86. The number of aryl methyl sites for hydroxylation is 1. The van der Waals surface area contributed by atoms with Crippen LogP contribution in [0.1, 0.15) is 20.5 Å². The molecule has 0 atom stereocenters. The fourth-order valence-electron chi connectivity index (χ4n) is 0.273. The van der Waals surface area contributed by atoms with Gasteiger partial charge in [-0.15, -0.1) is 0 Å². The predicted octanol–water partition coefficient (Wildman–Crippen LogP) is 2.26. The van der Waals surface area contributed by atoms with Gasteiger partial charge in [-0.05, 0) is 6.92 Å². The van der Waals surface area contributed by atoms with Crippen LogP contribution in [0.4, 0.5) is 0 Å². The lowest BCUT2D eigenvalue weighted by atomic mass is 10.6. The number of hydrogen-bond donors (Lipinski definition) is 0. The first-order chi connectivity index (χ1) is 2.89. The molecule has 2 heteroatoms. The lowest BCUT2D eigenvalue weighted by Gasteiger charge is -1.62. The summed E-state index contributed by atoms with van der Waals surface area (Å²) >= 11 is 0. The van der Waals surface area contributed by atoms with Gasteiger partial charge in [-0.25, -0.2) is 4.98 Å². The molecule has 0 aliphatic rings. The van der Waals surface area contributed by atoms with Crippen molar-refractivity contribution < 1.29 is 4.42 Å². The third-order valence-corrected chi connectivity index (χ3v) is 0.556. The van der Waals surface area contributed by atoms with Gasteiger partial charge >= 0.3 is 0 Å². The van der Waals surface area contributed by atoms with E-state index in [2.05, 4.69) is 9.40 Å². The average molecular weight is 115 g/mol. The first-order valence-corrected chi connectivity index (χ1v) is 1.74. The summed E-state index contributed by atoms with van der Waals surface area (Å²) in [7, 11) is 0. The number of hydrogen-bond acceptors (Lipinski definition) is 2. The van der Waals surface area contributed by atoms with Crippen LogP contribution in [0.5, 0.6) is 0 Å². The van der Waals surface area contributed by atoms with Crippen LogP contribution >= 0.6 is 0 Å². The molecule has 0 spiro atoms. The van der Waals surface area contributed by atoms with Gasteiger partial charge in [0.15, 0.2) is 6.39 Å². The molecule has 1 heterocycles. The van der Waals surface area contributed by atoms with Crippen molar-refractivity contribution in [1.82, 2.24) is 4.98 Å². The SMILES string of the molecule is C.C.Cc1cocn1. The summed E-state index contributed by atoms with van der Waals surface area (Å²) in [6.07, 6.45) is 3.01. The van der Waals surface area contributed by atoms with E-state index in [1.165, 1.54) is 6.39 Å². The van der Waals surface area contributed by atoms with Gasteiger partial charge < -0.3 is 4.42 Å². The van der Waals surface area contributed by atoms with Gasteiger partial charge in [-0.1, -0.05) is 14.9 Å². The summed E-state index contributed by atoms with van der Waals surface area (Å²) in [6, 6.07) is 0. The minimum absolute atomic E-state index is 0. The van der Waals surface area contributed by atoms with Gasteiger partial charge in [-0.3, -0.25) is 0 Å². The van der Waals surface area contributed by atoms with E-state index in [4.69, 9.17) is 0 Å². The second kappa shape index (κ2) is 4.37. The van der Waals surface area contributed by atoms with E-state index < -0.39 is 0 Å². The lowest BCUT2D eigenvalue weighted by Crippen LogP contribution is -1.59. The lowest BCUT2D eigenvalue weighted by molar-refractivity contribution is 0.557. The summed E-state index contributed by atoms with van der Waals surface area (Å²) in [5, 5.41) is 0. The molecule has 8 heavy (non-hydrogen) atoms. The minimum atomic E-state index is 0. The maximum absolute atomic E-state index is 4.60. The highest BCUT2D eigenvalue weighted by Gasteiger charge is 1.77. The zero-order valence-electron chi connectivity index (χ0n) is 3.51. The second-order valence-corrected chi connectivity index (χ2v) is 1.13. The number of nitrogens with zero attached hydrogens (tertiary/aromatic N) is 1. The van der Waals surface area contributed by atoms with E-state index in [-0.39, 0.29) is 14.9 Å². The molecule has 48 valence electrons. The molecule has 0 N–H and O–H groups in total. The van der Waals surface area contributed by atoms with Crippen molar-refractivity contribution in [3.8, 4) is 0 Å². The Hall–Kier alpha value is -0.790. The van der Waals surface area contributed by atoms with Gasteiger partial charge in [0.05, 0.1) is 5.69 Å². The van der Waals surface area contributed by atoms with Crippen LogP contribution in [0.3, 0.4) is 0 Å². The molecule has 0 aliphatic carbocycles. The van der Waals surface area contributed by atoms with Gasteiger partial charge in [-0.2, -0.15) is 0 Å². The Morgan fingerprint density at radius 2 is 2.12 bits per heavy atom. The van der Waals surface area contributed by atoms with E-state index in [1.54, 1.807) is 6.26 Å². The highest BCUT2D eigenvalue weighted by atomic mass is 16.3. The minimum Gasteiger partial charge on any atom is -0.452 e. The zero-order chi connectivity index (χ0) is 4.41. The molecule has 0 bridgehead atoms. The van der Waals surface area contributed by atoms with Crippen molar-refractivity contribution in [2.75, 3.05) is 0 Å². The third-order valence-electron chi connectivity index (χ3n) is 0.556.